The Labute approximate surface area is 168 Å². The number of carbonyl (C=O) groups is 1. The average Bonchev–Trinajstić information content (AvgIpc) is 2.89. The van der Waals surface area contributed by atoms with Crippen LogP contribution in [0, 0.1) is 0 Å². The third kappa shape index (κ3) is 5.90. The van der Waals surface area contributed by atoms with Gasteiger partial charge < -0.3 is 15.5 Å². The summed E-state index contributed by atoms with van der Waals surface area (Å²) in [5.41, 5.74) is 8.50. The van der Waals surface area contributed by atoms with Crippen LogP contribution in [0.1, 0.15) is 12.0 Å². The second kappa shape index (κ2) is 11.1. The number of anilines is 1. The van der Waals surface area contributed by atoms with E-state index in [0.29, 0.717) is 6.42 Å². The molecule has 4 nitrogen and oxygen atoms in total. The Hall–Kier alpha value is -1.75. The first-order valence-electron chi connectivity index (χ1n) is 8.62. The van der Waals surface area contributed by atoms with Crippen LogP contribution in [-0.2, 0) is 11.2 Å². The summed E-state index contributed by atoms with van der Waals surface area (Å²) >= 11 is 0. The number of amides is 1. The Kier molecular flexibility index (Phi) is 9.49. The molecule has 1 atom stereocenters. The van der Waals surface area contributed by atoms with Crippen molar-refractivity contribution in [2.24, 2.45) is 5.73 Å². The summed E-state index contributed by atoms with van der Waals surface area (Å²) in [7, 11) is 0. The number of hydrogen-bond acceptors (Lipinski definition) is 3. The molecule has 1 saturated heterocycles. The van der Waals surface area contributed by atoms with E-state index >= 15 is 0 Å². The van der Waals surface area contributed by atoms with Gasteiger partial charge in [0, 0.05) is 31.9 Å². The number of hydrogen-bond donors (Lipinski definition) is 1. The molecule has 1 heterocycles. The van der Waals surface area contributed by atoms with E-state index in [2.05, 4.69) is 29.2 Å². The zero-order valence-corrected chi connectivity index (χ0v) is 16.4. The first-order valence-corrected chi connectivity index (χ1v) is 8.62. The minimum Gasteiger partial charge on any atom is -0.370 e. The van der Waals surface area contributed by atoms with Gasteiger partial charge in [0.1, 0.15) is 0 Å². The number of nitrogens with two attached hydrogens (primary N) is 1. The summed E-state index contributed by atoms with van der Waals surface area (Å²) < 4.78 is 0. The van der Waals surface area contributed by atoms with Crippen LogP contribution in [0.3, 0.4) is 0 Å². The fourth-order valence-electron chi connectivity index (χ4n) is 3.22. The van der Waals surface area contributed by atoms with E-state index in [1.807, 2.05) is 41.3 Å². The SMILES string of the molecule is Cl.Cl.NC(Cc1ccccc1)C(=O)N1CCCN(c2ccccc2)CC1. The quantitative estimate of drug-likeness (QED) is 0.864. The molecule has 1 fully saturated rings. The standard InChI is InChI=1S/C20H25N3O.2ClH/c21-19(16-17-8-3-1-4-9-17)20(24)23-13-7-12-22(14-15-23)18-10-5-2-6-11-18;;/h1-6,8-11,19H,7,12-16,21H2;2*1H. The van der Waals surface area contributed by atoms with Crippen LogP contribution in [0.5, 0.6) is 0 Å². The molecule has 26 heavy (non-hydrogen) atoms. The lowest BCUT2D eigenvalue weighted by atomic mass is 10.1. The highest BCUT2D eigenvalue weighted by Crippen LogP contribution is 2.16. The largest absolute Gasteiger partial charge is 0.370 e. The molecule has 0 aliphatic carbocycles. The Morgan fingerprint density at radius 2 is 1.50 bits per heavy atom. The normalized spacial score (nSPS) is 15.3. The number of halogens is 2. The Morgan fingerprint density at radius 3 is 2.15 bits per heavy atom. The molecule has 0 radical (unpaired) electrons. The van der Waals surface area contributed by atoms with E-state index in [4.69, 9.17) is 5.73 Å². The van der Waals surface area contributed by atoms with E-state index < -0.39 is 6.04 Å². The molecule has 0 saturated carbocycles. The highest BCUT2D eigenvalue weighted by molar-refractivity contribution is 5.85. The van der Waals surface area contributed by atoms with E-state index in [1.165, 1.54) is 5.69 Å². The molecule has 1 aliphatic heterocycles. The molecule has 2 aromatic rings. The summed E-state index contributed by atoms with van der Waals surface area (Å²) in [6.07, 6.45) is 1.57. The molecule has 0 bridgehead atoms. The zero-order valence-electron chi connectivity index (χ0n) is 14.8. The number of para-hydroxylation sites is 1. The maximum absolute atomic E-state index is 12.7. The van der Waals surface area contributed by atoms with Crippen molar-refractivity contribution in [3.63, 3.8) is 0 Å². The van der Waals surface area contributed by atoms with Crippen LogP contribution in [0.15, 0.2) is 60.7 Å². The second-order valence-corrected chi connectivity index (χ2v) is 6.30. The van der Waals surface area contributed by atoms with E-state index in [0.717, 1.165) is 38.2 Å². The molecule has 1 unspecified atom stereocenters. The van der Waals surface area contributed by atoms with E-state index in [1.54, 1.807) is 0 Å². The number of rotatable bonds is 4. The van der Waals surface area contributed by atoms with Crippen LogP contribution < -0.4 is 10.6 Å². The van der Waals surface area contributed by atoms with Crippen LogP contribution in [0.4, 0.5) is 5.69 Å². The lowest BCUT2D eigenvalue weighted by molar-refractivity contribution is -0.132. The van der Waals surface area contributed by atoms with Gasteiger partial charge in [-0.15, -0.1) is 24.8 Å². The first kappa shape index (κ1) is 22.3. The van der Waals surface area contributed by atoms with Crippen molar-refractivity contribution >= 4 is 36.4 Å². The van der Waals surface area contributed by atoms with Crippen LogP contribution in [-0.4, -0.2) is 43.0 Å². The summed E-state index contributed by atoms with van der Waals surface area (Å²) in [5.74, 6) is 0.0637. The lowest BCUT2D eigenvalue weighted by Gasteiger charge is -2.25. The van der Waals surface area contributed by atoms with Crippen LogP contribution in [0.2, 0.25) is 0 Å². The molecule has 2 N–H and O–H groups in total. The van der Waals surface area contributed by atoms with Crippen molar-refractivity contribution < 1.29 is 4.79 Å². The Morgan fingerprint density at radius 1 is 0.885 bits per heavy atom. The van der Waals surface area contributed by atoms with Gasteiger partial charge in [-0.25, -0.2) is 0 Å². The van der Waals surface area contributed by atoms with Gasteiger partial charge in [-0.3, -0.25) is 4.79 Å². The van der Waals surface area contributed by atoms with Crippen molar-refractivity contribution in [2.45, 2.75) is 18.9 Å². The van der Waals surface area contributed by atoms with Gasteiger partial charge in [0.05, 0.1) is 6.04 Å². The third-order valence-corrected chi connectivity index (χ3v) is 4.54. The minimum atomic E-state index is -0.462. The highest BCUT2D eigenvalue weighted by Gasteiger charge is 2.24. The van der Waals surface area contributed by atoms with Gasteiger partial charge in [0.2, 0.25) is 5.91 Å². The van der Waals surface area contributed by atoms with Gasteiger partial charge in [-0.05, 0) is 30.5 Å². The molecule has 1 aliphatic rings. The number of nitrogens with zero attached hydrogens (tertiary/aromatic N) is 2. The maximum Gasteiger partial charge on any atom is 0.239 e. The molecular formula is C20H27Cl2N3O. The number of benzene rings is 2. The molecule has 1 amide bonds. The molecule has 142 valence electrons. The summed E-state index contributed by atoms with van der Waals surface area (Å²) in [5, 5.41) is 0. The summed E-state index contributed by atoms with van der Waals surface area (Å²) in [6, 6.07) is 19.9. The molecule has 2 aromatic carbocycles. The highest BCUT2D eigenvalue weighted by atomic mass is 35.5. The van der Waals surface area contributed by atoms with Crippen molar-refractivity contribution in [2.75, 3.05) is 31.1 Å². The zero-order chi connectivity index (χ0) is 16.8. The van der Waals surface area contributed by atoms with Crippen LogP contribution in [0.25, 0.3) is 0 Å². The molecule has 0 spiro atoms. The predicted octanol–water partition coefficient (Wildman–Crippen LogP) is 3.14. The van der Waals surface area contributed by atoms with Crippen molar-refractivity contribution in [1.82, 2.24) is 4.90 Å². The van der Waals surface area contributed by atoms with E-state index in [9.17, 15) is 4.79 Å². The molecule has 6 heteroatoms. The molecule has 0 aromatic heterocycles. The lowest BCUT2D eigenvalue weighted by Crippen LogP contribution is -2.46. The topological polar surface area (TPSA) is 49.6 Å². The smallest absolute Gasteiger partial charge is 0.239 e. The number of carbonyl (C=O) groups excluding carboxylic acids is 1. The van der Waals surface area contributed by atoms with Crippen molar-refractivity contribution in [3.8, 4) is 0 Å². The Bertz CT molecular complexity index is 655. The maximum atomic E-state index is 12.7. The summed E-state index contributed by atoms with van der Waals surface area (Å²) in [6.45, 7) is 3.34. The second-order valence-electron chi connectivity index (χ2n) is 6.30. The van der Waals surface area contributed by atoms with Gasteiger partial charge >= 0.3 is 0 Å². The average molecular weight is 396 g/mol. The van der Waals surface area contributed by atoms with Gasteiger partial charge in [0.15, 0.2) is 0 Å². The predicted molar refractivity (Wildman–Crippen MR) is 112 cm³/mol. The van der Waals surface area contributed by atoms with Crippen molar-refractivity contribution in [3.05, 3.63) is 66.2 Å². The monoisotopic (exact) mass is 395 g/mol. The van der Waals surface area contributed by atoms with E-state index in [-0.39, 0.29) is 30.7 Å². The third-order valence-electron chi connectivity index (χ3n) is 4.54. The fourth-order valence-corrected chi connectivity index (χ4v) is 3.22. The summed E-state index contributed by atoms with van der Waals surface area (Å²) in [4.78, 5) is 17.0. The fraction of sp³-hybridized carbons (Fsp3) is 0.350. The van der Waals surface area contributed by atoms with Crippen molar-refractivity contribution in [1.29, 1.82) is 0 Å². The molecule has 3 rings (SSSR count). The van der Waals surface area contributed by atoms with Gasteiger partial charge in [-0.1, -0.05) is 48.5 Å². The van der Waals surface area contributed by atoms with Crippen LogP contribution >= 0.6 is 24.8 Å². The van der Waals surface area contributed by atoms with Gasteiger partial charge in [0.25, 0.3) is 0 Å². The molecular weight excluding hydrogens is 369 g/mol. The first-order chi connectivity index (χ1) is 11.7. The Balaban J connectivity index is 0.00000169. The minimum absolute atomic E-state index is 0. The van der Waals surface area contributed by atoms with Gasteiger partial charge in [-0.2, -0.15) is 0 Å².